The number of carbonyl (C=O) groups is 1. The van der Waals surface area contributed by atoms with E-state index in [4.69, 9.17) is 0 Å². The number of hydrogen-bond acceptors (Lipinski definition) is 3. The predicted octanol–water partition coefficient (Wildman–Crippen LogP) is 2.56. The SMILES string of the molecule is CSCCCCN1CCC(C(=O)O)(C(C)C)C1. The highest BCUT2D eigenvalue weighted by atomic mass is 32.2. The molecule has 0 amide bonds. The first kappa shape index (κ1) is 14.8. The highest BCUT2D eigenvalue weighted by Crippen LogP contribution is 2.38. The van der Waals surface area contributed by atoms with Crippen LogP contribution in [0.1, 0.15) is 33.1 Å². The topological polar surface area (TPSA) is 40.5 Å². The predicted molar refractivity (Wildman–Crippen MR) is 73.6 cm³/mol. The van der Waals surface area contributed by atoms with Crippen LogP contribution < -0.4 is 0 Å². The van der Waals surface area contributed by atoms with Crippen LogP contribution in [0.15, 0.2) is 0 Å². The number of carboxylic acid groups (broad SMARTS) is 1. The number of unbranched alkanes of at least 4 members (excludes halogenated alkanes) is 1. The van der Waals surface area contributed by atoms with Gasteiger partial charge in [-0.3, -0.25) is 4.79 Å². The molecule has 1 saturated heterocycles. The molecule has 4 heteroatoms. The molecule has 1 atom stereocenters. The second-order valence-electron chi connectivity index (χ2n) is 5.34. The van der Waals surface area contributed by atoms with E-state index in [0.29, 0.717) is 0 Å². The van der Waals surface area contributed by atoms with Crippen molar-refractivity contribution in [1.82, 2.24) is 4.90 Å². The maximum atomic E-state index is 11.5. The van der Waals surface area contributed by atoms with Crippen LogP contribution in [0.3, 0.4) is 0 Å². The zero-order valence-electron chi connectivity index (χ0n) is 11.2. The summed E-state index contributed by atoms with van der Waals surface area (Å²) in [6.45, 7) is 6.81. The molecule has 100 valence electrons. The van der Waals surface area contributed by atoms with Crippen molar-refractivity contribution in [1.29, 1.82) is 0 Å². The van der Waals surface area contributed by atoms with E-state index in [-0.39, 0.29) is 5.92 Å². The molecule has 0 aromatic rings. The maximum Gasteiger partial charge on any atom is 0.311 e. The average Bonchev–Trinajstić information content (AvgIpc) is 2.70. The van der Waals surface area contributed by atoms with Gasteiger partial charge in [0.2, 0.25) is 0 Å². The number of aliphatic carboxylic acids is 1. The van der Waals surface area contributed by atoms with E-state index in [0.717, 1.165) is 26.1 Å². The Balaban J connectivity index is 2.41. The molecule has 0 bridgehead atoms. The van der Waals surface area contributed by atoms with E-state index in [1.807, 2.05) is 25.6 Å². The molecule has 0 saturated carbocycles. The molecule has 0 aliphatic carbocycles. The van der Waals surface area contributed by atoms with Crippen molar-refractivity contribution in [2.45, 2.75) is 33.1 Å². The molecule has 1 heterocycles. The molecule has 1 N–H and O–H groups in total. The first-order valence-electron chi connectivity index (χ1n) is 6.47. The van der Waals surface area contributed by atoms with Gasteiger partial charge in [0, 0.05) is 6.54 Å². The number of nitrogens with zero attached hydrogens (tertiary/aromatic N) is 1. The summed E-state index contributed by atoms with van der Waals surface area (Å²) in [5.41, 5.74) is -0.500. The van der Waals surface area contributed by atoms with Crippen molar-refractivity contribution < 1.29 is 9.90 Å². The standard InChI is InChI=1S/C13H25NO2S/c1-11(2)13(12(15)16)6-8-14(10-13)7-4-5-9-17-3/h11H,4-10H2,1-3H3,(H,15,16). The molecular formula is C13H25NO2S. The number of thioether (sulfide) groups is 1. The minimum atomic E-state index is -0.612. The van der Waals surface area contributed by atoms with Crippen LogP contribution in [-0.2, 0) is 4.79 Å². The average molecular weight is 259 g/mol. The van der Waals surface area contributed by atoms with Crippen molar-refractivity contribution in [2.24, 2.45) is 11.3 Å². The fourth-order valence-corrected chi connectivity index (χ4v) is 3.07. The van der Waals surface area contributed by atoms with Gasteiger partial charge in [-0.25, -0.2) is 0 Å². The second kappa shape index (κ2) is 6.64. The Morgan fingerprint density at radius 2 is 2.18 bits per heavy atom. The van der Waals surface area contributed by atoms with Gasteiger partial charge < -0.3 is 10.0 Å². The molecular weight excluding hydrogens is 234 g/mol. The smallest absolute Gasteiger partial charge is 0.311 e. The van der Waals surface area contributed by atoms with E-state index < -0.39 is 11.4 Å². The molecule has 1 fully saturated rings. The first-order chi connectivity index (χ1) is 8.03. The maximum absolute atomic E-state index is 11.5. The Bertz CT molecular complexity index is 258. The minimum Gasteiger partial charge on any atom is -0.481 e. The number of carboxylic acids is 1. The van der Waals surface area contributed by atoms with Crippen LogP contribution in [0.25, 0.3) is 0 Å². The summed E-state index contributed by atoms with van der Waals surface area (Å²) in [6, 6.07) is 0. The molecule has 1 aliphatic heterocycles. The van der Waals surface area contributed by atoms with E-state index in [9.17, 15) is 9.90 Å². The second-order valence-corrected chi connectivity index (χ2v) is 6.33. The lowest BCUT2D eigenvalue weighted by molar-refractivity contribution is -0.151. The number of likely N-dealkylation sites (tertiary alicyclic amines) is 1. The Labute approximate surface area is 109 Å². The van der Waals surface area contributed by atoms with Crippen LogP contribution in [0.4, 0.5) is 0 Å². The summed E-state index contributed by atoms with van der Waals surface area (Å²) >= 11 is 1.88. The third kappa shape index (κ3) is 3.62. The van der Waals surface area contributed by atoms with E-state index in [1.54, 1.807) is 0 Å². The molecule has 0 aromatic carbocycles. The molecule has 0 radical (unpaired) electrons. The van der Waals surface area contributed by atoms with Crippen molar-refractivity contribution in [3.63, 3.8) is 0 Å². The van der Waals surface area contributed by atoms with Gasteiger partial charge in [-0.2, -0.15) is 11.8 Å². The van der Waals surface area contributed by atoms with Crippen LogP contribution in [-0.4, -0.2) is 47.6 Å². The van der Waals surface area contributed by atoms with Gasteiger partial charge in [0.15, 0.2) is 0 Å². The highest BCUT2D eigenvalue weighted by Gasteiger charge is 2.46. The summed E-state index contributed by atoms with van der Waals surface area (Å²) in [5.74, 6) is 0.817. The molecule has 17 heavy (non-hydrogen) atoms. The van der Waals surface area contributed by atoms with Gasteiger partial charge in [0.25, 0.3) is 0 Å². The molecule has 1 unspecified atom stereocenters. The third-order valence-corrected chi connectivity index (χ3v) is 4.68. The summed E-state index contributed by atoms with van der Waals surface area (Å²) in [5, 5.41) is 9.43. The summed E-state index contributed by atoms with van der Waals surface area (Å²) in [7, 11) is 0. The molecule has 3 nitrogen and oxygen atoms in total. The minimum absolute atomic E-state index is 0.219. The summed E-state index contributed by atoms with van der Waals surface area (Å²) in [4.78, 5) is 13.8. The number of hydrogen-bond donors (Lipinski definition) is 1. The zero-order valence-corrected chi connectivity index (χ0v) is 12.1. The van der Waals surface area contributed by atoms with Gasteiger partial charge in [-0.15, -0.1) is 0 Å². The van der Waals surface area contributed by atoms with Crippen LogP contribution in [0.5, 0.6) is 0 Å². The fourth-order valence-electron chi connectivity index (χ4n) is 2.58. The van der Waals surface area contributed by atoms with Gasteiger partial charge in [-0.1, -0.05) is 13.8 Å². The van der Waals surface area contributed by atoms with Crippen molar-refractivity contribution in [3.05, 3.63) is 0 Å². The lowest BCUT2D eigenvalue weighted by atomic mass is 9.76. The summed E-state index contributed by atoms with van der Waals surface area (Å²) in [6.07, 6.45) is 5.36. The molecule has 0 aromatic heterocycles. The van der Waals surface area contributed by atoms with Gasteiger partial charge >= 0.3 is 5.97 Å². The van der Waals surface area contributed by atoms with Crippen LogP contribution >= 0.6 is 11.8 Å². The van der Waals surface area contributed by atoms with Gasteiger partial charge in [0.1, 0.15) is 0 Å². The van der Waals surface area contributed by atoms with Crippen molar-refractivity contribution in [2.75, 3.05) is 31.6 Å². The lowest BCUT2D eigenvalue weighted by Crippen LogP contribution is -2.39. The van der Waals surface area contributed by atoms with Crippen molar-refractivity contribution in [3.8, 4) is 0 Å². The fraction of sp³-hybridized carbons (Fsp3) is 0.923. The quantitative estimate of drug-likeness (QED) is 0.713. The normalized spacial score (nSPS) is 25.6. The van der Waals surface area contributed by atoms with Gasteiger partial charge in [-0.05, 0) is 50.3 Å². The Kier molecular flexibility index (Phi) is 5.80. The van der Waals surface area contributed by atoms with E-state index in [2.05, 4.69) is 11.2 Å². The number of rotatable bonds is 7. The van der Waals surface area contributed by atoms with Gasteiger partial charge in [0.05, 0.1) is 5.41 Å². The van der Waals surface area contributed by atoms with E-state index in [1.165, 1.54) is 18.6 Å². The summed E-state index contributed by atoms with van der Waals surface area (Å²) < 4.78 is 0. The first-order valence-corrected chi connectivity index (χ1v) is 7.87. The Morgan fingerprint density at radius 3 is 2.65 bits per heavy atom. The Hall–Kier alpha value is -0.220. The van der Waals surface area contributed by atoms with Crippen LogP contribution in [0, 0.1) is 11.3 Å². The third-order valence-electron chi connectivity index (χ3n) is 3.98. The lowest BCUT2D eigenvalue weighted by Gasteiger charge is -2.28. The molecule has 1 rings (SSSR count). The molecule has 1 aliphatic rings. The van der Waals surface area contributed by atoms with E-state index >= 15 is 0 Å². The van der Waals surface area contributed by atoms with Crippen molar-refractivity contribution >= 4 is 17.7 Å². The monoisotopic (exact) mass is 259 g/mol. The molecule has 0 spiro atoms. The Morgan fingerprint density at radius 1 is 1.47 bits per heavy atom. The van der Waals surface area contributed by atoms with Crippen LogP contribution in [0.2, 0.25) is 0 Å². The highest BCUT2D eigenvalue weighted by molar-refractivity contribution is 7.98. The largest absolute Gasteiger partial charge is 0.481 e. The zero-order chi connectivity index (χ0) is 12.9.